The Kier molecular flexibility index (Phi) is 2.55. The highest BCUT2D eigenvalue weighted by Crippen LogP contribution is 2.26. The minimum absolute atomic E-state index is 0.801. The largest absolute Gasteiger partial charge is 0.385 e. The third kappa shape index (κ3) is 1.90. The quantitative estimate of drug-likeness (QED) is 0.829. The first kappa shape index (κ1) is 10.3. The maximum atomic E-state index is 4.46. The molecule has 4 nitrogen and oxygen atoms in total. The third-order valence-electron chi connectivity index (χ3n) is 3.17. The summed E-state index contributed by atoms with van der Waals surface area (Å²) in [5, 5.41) is 10.6. The van der Waals surface area contributed by atoms with E-state index in [2.05, 4.69) is 45.6 Å². The molecule has 4 heteroatoms. The monoisotopic (exact) mass is 228 g/mol. The van der Waals surface area contributed by atoms with Gasteiger partial charge in [0.05, 0.1) is 0 Å². The molecule has 0 aliphatic carbocycles. The second-order valence-electron chi connectivity index (χ2n) is 4.36. The van der Waals surface area contributed by atoms with Crippen molar-refractivity contribution in [3.05, 3.63) is 29.6 Å². The molecule has 1 aromatic heterocycles. The molecule has 0 amide bonds. The summed E-state index contributed by atoms with van der Waals surface area (Å²) in [6, 6.07) is 6.41. The first-order chi connectivity index (χ1) is 8.36. The lowest BCUT2D eigenvalue weighted by Gasteiger charge is -2.18. The van der Waals surface area contributed by atoms with Gasteiger partial charge in [-0.05, 0) is 36.6 Å². The number of aromatic amines is 1. The zero-order valence-electron chi connectivity index (χ0n) is 9.95. The molecule has 1 aliphatic rings. The van der Waals surface area contributed by atoms with Crippen LogP contribution in [0.2, 0.25) is 0 Å². The van der Waals surface area contributed by atoms with E-state index < -0.39 is 0 Å². The van der Waals surface area contributed by atoms with Crippen LogP contribution in [0.4, 0.5) is 5.69 Å². The van der Waals surface area contributed by atoms with Crippen molar-refractivity contribution in [3.63, 3.8) is 0 Å². The van der Waals surface area contributed by atoms with Crippen LogP contribution in [0.25, 0.3) is 11.4 Å². The Bertz CT molecular complexity index is 530. The van der Waals surface area contributed by atoms with Gasteiger partial charge in [0.25, 0.3) is 0 Å². The molecule has 17 heavy (non-hydrogen) atoms. The number of nitrogens with one attached hydrogen (secondary N) is 2. The molecule has 0 bridgehead atoms. The average Bonchev–Trinajstić information content (AvgIpc) is 2.87. The molecule has 0 fully saturated rings. The second-order valence-corrected chi connectivity index (χ2v) is 4.36. The summed E-state index contributed by atoms with van der Waals surface area (Å²) in [7, 11) is 0. The van der Waals surface area contributed by atoms with Gasteiger partial charge in [0.1, 0.15) is 5.82 Å². The molecule has 3 rings (SSSR count). The standard InChI is InChI=1S/C13H16N4/c1-2-12-15-13(17-16-12)10-5-6-11-9(8-10)4-3-7-14-11/h5-6,8,14H,2-4,7H2,1H3,(H,15,16,17). The maximum Gasteiger partial charge on any atom is 0.181 e. The number of H-pyrrole nitrogens is 1. The van der Waals surface area contributed by atoms with Crippen molar-refractivity contribution < 1.29 is 0 Å². The van der Waals surface area contributed by atoms with Crippen molar-refractivity contribution in [2.45, 2.75) is 26.2 Å². The Morgan fingerprint density at radius 3 is 3.12 bits per heavy atom. The summed E-state index contributed by atoms with van der Waals surface area (Å²) < 4.78 is 0. The summed E-state index contributed by atoms with van der Waals surface area (Å²) in [5.74, 6) is 1.74. The minimum Gasteiger partial charge on any atom is -0.385 e. The van der Waals surface area contributed by atoms with Crippen LogP contribution in [0.5, 0.6) is 0 Å². The van der Waals surface area contributed by atoms with Crippen LogP contribution >= 0.6 is 0 Å². The van der Waals surface area contributed by atoms with E-state index in [0.29, 0.717) is 0 Å². The first-order valence-electron chi connectivity index (χ1n) is 6.15. The molecule has 0 radical (unpaired) electrons. The van der Waals surface area contributed by atoms with Gasteiger partial charge in [-0.25, -0.2) is 4.98 Å². The molecule has 1 aliphatic heterocycles. The third-order valence-corrected chi connectivity index (χ3v) is 3.17. The lowest BCUT2D eigenvalue weighted by Crippen LogP contribution is -2.11. The highest BCUT2D eigenvalue weighted by Gasteiger charge is 2.11. The van der Waals surface area contributed by atoms with Gasteiger partial charge >= 0.3 is 0 Å². The van der Waals surface area contributed by atoms with E-state index in [1.54, 1.807) is 0 Å². The van der Waals surface area contributed by atoms with Crippen LogP contribution in [-0.4, -0.2) is 21.7 Å². The molecule has 2 aromatic rings. The number of nitrogens with zero attached hydrogens (tertiary/aromatic N) is 2. The van der Waals surface area contributed by atoms with Gasteiger partial charge < -0.3 is 5.32 Å². The van der Waals surface area contributed by atoms with Crippen molar-refractivity contribution >= 4 is 5.69 Å². The van der Waals surface area contributed by atoms with Gasteiger partial charge in [-0.15, -0.1) is 0 Å². The van der Waals surface area contributed by atoms with E-state index in [-0.39, 0.29) is 0 Å². The summed E-state index contributed by atoms with van der Waals surface area (Å²) in [6.45, 7) is 3.15. The van der Waals surface area contributed by atoms with Crippen molar-refractivity contribution in [1.82, 2.24) is 15.2 Å². The Labute approximate surface area is 100 Å². The predicted octanol–water partition coefficient (Wildman–Crippen LogP) is 2.39. The van der Waals surface area contributed by atoms with Crippen molar-refractivity contribution in [2.24, 2.45) is 0 Å². The van der Waals surface area contributed by atoms with Gasteiger partial charge in [-0.2, -0.15) is 5.10 Å². The number of hydrogen-bond donors (Lipinski definition) is 2. The Morgan fingerprint density at radius 1 is 1.35 bits per heavy atom. The molecule has 0 spiro atoms. The molecule has 2 heterocycles. The summed E-state index contributed by atoms with van der Waals surface area (Å²) in [5.41, 5.74) is 3.73. The SMILES string of the molecule is CCc1nc(-c2ccc3c(c2)CCCN3)n[nH]1. The molecule has 1 aromatic carbocycles. The van der Waals surface area contributed by atoms with Gasteiger partial charge in [0.2, 0.25) is 0 Å². The van der Waals surface area contributed by atoms with E-state index in [0.717, 1.165) is 36.6 Å². The highest BCUT2D eigenvalue weighted by molar-refractivity contribution is 5.64. The number of fused-ring (bicyclic) bond motifs is 1. The molecule has 0 atom stereocenters. The van der Waals surface area contributed by atoms with E-state index in [1.165, 1.54) is 17.7 Å². The molecular formula is C13H16N4. The van der Waals surface area contributed by atoms with Crippen molar-refractivity contribution in [2.75, 3.05) is 11.9 Å². The van der Waals surface area contributed by atoms with Gasteiger partial charge in [-0.3, -0.25) is 5.10 Å². The van der Waals surface area contributed by atoms with Crippen LogP contribution in [0.15, 0.2) is 18.2 Å². The fraction of sp³-hybridized carbons (Fsp3) is 0.385. The number of aromatic nitrogens is 3. The Morgan fingerprint density at radius 2 is 2.29 bits per heavy atom. The average molecular weight is 228 g/mol. The van der Waals surface area contributed by atoms with Crippen LogP contribution in [0.1, 0.15) is 24.7 Å². The normalized spacial score (nSPS) is 14.2. The lowest BCUT2D eigenvalue weighted by molar-refractivity contribution is 0.830. The van der Waals surface area contributed by atoms with Gasteiger partial charge in [0.15, 0.2) is 5.82 Å². The first-order valence-corrected chi connectivity index (χ1v) is 6.15. The smallest absolute Gasteiger partial charge is 0.181 e. The van der Waals surface area contributed by atoms with E-state index >= 15 is 0 Å². The molecule has 88 valence electrons. The fourth-order valence-corrected chi connectivity index (χ4v) is 2.20. The molecule has 0 unspecified atom stereocenters. The topological polar surface area (TPSA) is 53.6 Å². The van der Waals surface area contributed by atoms with Crippen LogP contribution < -0.4 is 5.32 Å². The maximum absolute atomic E-state index is 4.46. The van der Waals surface area contributed by atoms with E-state index in [1.807, 2.05) is 0 Å². The Balaban J connectivity index is 1.97. The van der Waals surface area contributed by atoms with Gasteiger partial charge in [0, 0.05) is 24.2 Å². The Hall–Kier alpha value is -1.84. The van der Waals surface area contributed by atoms with E-state index in [4.69, 9.17) is 0 Å². The van der Waals surface area contributed by atoms with Crippen LogP contribution in [0, 0.1) is 0 Å². The molecular weight excluding hydrogens is 212 g/mol. The van der Waals surface area contributed by atoms with Crippen LogP contribution in [-0.2, 0) is 12.8 Å². The highest BCUT2D eigenvalue weighted by atomic mass is 15.2. The minimum atomic E-state index is 0.801. The van der Waals surface area contributed by atoms with Crippen molar-refractivity contribution in [1.29, 1.82) is 0 Å². The molecule has 2 N–H and O–H groups in total. The number of aryl methyl sites for hydroxylation is 2. The fourth-order valence-electron chi connectivity index (χ4n) is 2.20. The van der Waals surface area contributed by atoms with Crippen LogP contribution in [0.3, 0.4) is 0 Å². The summed E-state index contributed by atoms with van der Waals surface area (Å²) >= 11 is 0. The number of benzene rings is 1. The summed E-state index contributed by atoms with van der Waals surface area (Å²) in [6.07, 6.45) is 3.23. The molecule has 0 saturated heterocycles. The predicted molar refractivity (Wildman–Crippen MR) is 68.0 cm³/mol. The summed E-state index contributed by atoms with van der Waals surface area (Å²) in [4.78, 5) is 4.46. The second kappa shape index (κ2) is 4.20. The zero-order valence-corrected chi connectivity index (χ0v) is 9.95. The lowest BCUT2D eigenvalue weighted by atomic mass is 10.0. The zero-order chi connectivity index (χ0) is 11.7. The van der Waals surface area contributed by atoms with Crippen molar-refractivity contribution in [3.8, 4) is 11.4 Å². The number of anilines is 1. The van der Waals surface area contributed by atoms with E-state index in [9.17, 15) is 0 Å². The van der Waals surface area contributed by atoms with Gasteiger partial charge in [-0.1, -0.05) is 6.92 Å². The number of rotatable bonds is 2. The number of hydrogen-bond acceptors (Lipinski definition) is 3. The molecule has 0 saturated carbocycles.